The van der Waals surface area contributed by atoms with E-state index in [1.807, 2.05) is 0 Å². The zero-order chi connectivity index (χ0) is 18.4. The van der Waals surface area contributed by atoms with Crippen molar-refractivity contribution in [1.29, 1.82) is 0 Å². The number of ether oxygens (including phenoxy) is 3. The van der Waals surface area contributed by atoms with Crippen LogP contribution >= 0.6 is 15.9 Å². The predicted molar refractivity (Wildman–Crippen MR) is 92.9 cm³/mol. The summed E-state index contributed by atoms with van der Waals surface area (Å²) in [6.07, 6.45) is 1.85. The molecule has 1 saturated heterocycles. The minimum absolute atomic E-state index is 0.156. The van der Waals surface area contributed by atoms with Crippen molar-refractivity contribution in [1.82, 2.24) is 4.90 Å². The van der Waals surface area contributed by atoms with Crippen molar-refractivity contribution in [2.24, 2.45) is 5.92 Å². The van der Waals surface area contributed by atoms with Crippen LogP contribution in [0.1, 0.15) is 23.2 Å². The normalized spacial score (nSPS) is 14.8. The highest BCUT2D eigenvalue weighted by Crippen LogP contribution is 2.33. The fraction of sp³-hybridized carbons (Fsp3) is 0.471. The summed E-state index contributed by atoms with van der Waals surface area (Å²) in [7, 11) is 2.85. The van der Waals surface area contributed by atoms with E-state index in [0.717, 1.165) is 0 Å². The second-order valence-electron chi connectivity index (χ2n) is 5.61. The maximum absolute atomic E-state index is 12.3. The van der Waals surface area contributed by atoms with Crippen molar-refractivity contribution in [2.45, 2.75) is 12.8 Å². The molecule has 1 heterocycles. The van der Waals surface area contributed by atoms with E-state index in [1.54, 1.807) is 11.0 Å². The molecule has 0 spiro atoms. The van der Waals surface area contributed by atoms with E-state index in [0.29, 0.717) is 53.8 Å². The van der Waals surface area contributed by atoms with Gasteiger partial charge in [0.15, 0.2) is 24.4 Å². The van der Waals surface area contributed by atoms with Gasteiger partial charge in [-0.15, -0.1) is 0 Å². The Hall–Kier alpha value is -2.09. The van der Waals surface area contributed by atoms with E-state index in [-0.39, 0.29) is 24.4 Å². The Morgan fingerprint density at radius 3 is 2.48 bits per heavy atom. The molecule has 0 aliphatic carbocycles. The highest BCUT2D eigenvalue weighted by atomic mass is 79.9. The zero-order valence-corrected chi connectivity index (χ0v) is 15.7. The van der Waals surface area contributed by atoms with Gasteiger partial charge in [-0.2, -0.15) is 0 Å². The third-order valence-electron chi connectivity index (χ3n) is 4.14. The molecule has 8 heteroatoms. The van der Waals surface area contributed by atoms with Gasteiger partial charge in [0, 0.05) is 23.1 Å². The quantitative estimate of drug-likeness (QED) is 0.524. The van der Waals surface area contributed by atoms with E-state index in [9.17, 15) is 14.4 Å². The van der Waals surface area contributed by atoms with Crippen LogP contribution in [-0.2, 0) is 14.3 Å². The summed E-state index contributed by atoms with van der Waals surface area (Å²) in [5.41, 5.74) is 0.405. The Morgan fingerprint density at radius 1 is 1.24 bits per heavy atom. The first-order chi connectivity index (χ1) is 12.0. The van der Waals surface area contributed by atoms with Gasteiger partial charge in [-0.1, -0.05) is 0 Å². The van der Waals surface area contributed by atoms with Gasteiger partial charge in [0.2, 0.25) is 0 Å². The Bertz CT molecular complexity index is 655. The van der Waals surface area contributed by atoms with Crippen LogP contribution in [0.3, 0.4) is 0 Å². The number of nitrogens with zero attached hydrogens (tertiary/aromatic N) is 1. The molecular formula is C17H20BrNO6. The first-order valence-corrected chi connectivity index (χ1v) is 8.60. The van der Waals surface area contributed by atoms with E-state index in [1.165, 1.54) is 20.3 Å². The number of hydrogen-bond donors (Lipinski definition) is 0. The molecule has 2 rings (SSSR count). The summed E-state index contributed by atoms with van der Waals surface area (Å²) in [6, 6.07) is 3.14. The van der Waals surface area contributed by atoms with Crippen LogP contribution < -0.4 is 9.47 Å². The van der Waals surface area contributed by atoms with Gasteiger partial charge >= 0.3 is 5.97 Å². The number of methoxy groups -OCH3 is 2. The second-order valence-corrected chi connectivity index (χ2v) is 6.46. The molecule has 0 unspecified atom stereocenters. The SMILES string of the molecule is COC(=O)C1CCN(C(=O)COc2cc(C=O)c(Br)cc2OC)CC1. The second kappa shape index (κ2) is 8.84. The third kappa shape index (κ3) is 4.72. The molecule has 1 aliphatic rings. The highest BCUT2D eigenvalue weighted by molar-refractivity contribution is 9.10. The van der Waals surface area contributed by atoms with E-state index >= 15 is 0 Å². The summed E-state index contributed by atoms with van der Waals surface area (Å²) < 4.78 is 16.1. The third-order valence-corrected chi connectivity index (χ3v) is 4.83. The first kappa shape index (κ1) is 19.2. The van der Waals surface area contributed by atoms with Crippen molar-refractivity contribution < 1.29 is 28.6 Å². The van der Waals surface area contributed by atoms with Gasteiger partial charge in [-0.05, 0) is 40.9 Å². The summed E-state index contributed by atoms with van der Waals surface area (Å²) in [4.78, 5) is 36.5. The van der Waals surface area contributed by atoms with Crippen LogP contribution in [0.4, 0.5) is 0 Å². The average molecular weight is 414 g/mol. The number of carbonyl (C=O) groups is 3. The number of carbonyl (C=O) groups excluding carboxylic acids is 3. The predicted octanol–water partition coefficient (Wildman–Crippen LogP) is 2.06. The number of esters is 1. The molecule has 0 N–H and O–H groups in total. The van der Waals surface area contributed by atoms with Crippen molar-refractivity contribution in [3.8, 4) is 11.5 Å². The molecule has 1 aromatic rings. The molecule has 0 radical (unpaired) electrons. The Labute approximate surface area is 154 Å². The van der Waals surface area contributed by atoms with Gasteiger partial charge in [-0.3, -0.25) is 14.4 Å². The van der Waals surface area contributed by atoms with E-state index in [4.69, 9.17) is 14.2 Å². The van der Waals surface area contributed by atoms with Crippen LogP contribution in [0.5, 0.6) is 11.5 Å². The van der Waals surface area contributed by atoms with Crippen molar-refractivity contribution in [3.63, 3.8) is 0 Å². The average Bonchev–Trinajstić information content (AvgIpc) is 2.65. The molecule has 1 amide bonds. The molecule has 0 atom stereocenters. The smallest absolute Gasteiger partial charge is 0.308 e. The van der Waals surface area contributed by atoms with Crippen LogP contribution in [-0.4, -0.2) is 57.0 Å². The summed E-state index contributed by atoms with van der Waals surface area (Å²) in [5, 5.41) is 0. The summed E-state index contributed by atoms with van der Waals surface area (Å²) >= 11 is 3.27. The molecule has 0 bridgehead atoms. The van der Waals surface area contributed by atoms with Crippen molar-refractivity contribution in [2.75, 3.05) is 33.9 Å². The van der Waals surface area contributed by atoms with E-state index in [2.05, 4.69) is 15.9 Å². The maximum Gasteiger partial charge on any atom is 0.308 e. The monoisotopic (exact) mass is 413 g/mol. The van der Waals surface area contributed by atoms with Gasteiger partial charge < -0.3 is 19.1 Å². The van der Waals surface area contributed by atoms with Gasteiger partial charge in [0.1, 0.15) is 0 Å². The molecule has 7 nitrogen and oxygen atoms in total. The molecule has 1 aromatic carbocycles. The molecule has 0 saturated carbocycles. The number of likely N-dealkylation sites (tertiary alicyclic amines) is 1. The lowest BCUT2D eigenvalue weighted by molar-refractivity contribution is -0.149. The number of halogens is 1. The molecule has 1 fully saturated rings. The number of aldehydes is 1. The van der Waals surface area contributed by atoms with Crippen LogP contribution in [0.2, 0.25) is 0 Å². The minimum Gasteiger partial charge on any atom is -0.493 e. The lowest BCUT2D eigenvalue weighted by Crippen LogP contribution is -2.42. The van der Waals surface area contributed by atoms with Crippen LogP contribution in [0.25, 0.3) is 0 Å². The van der Waals surface area contributed by atoms with Crippen LogP contribution in [0.15, 0.2) is 16.6 Å². The maximum atomic E-state index is 12.3. The Morgan fingerprint density at radius 2 is 1.92 bits per heavy atom. The topological polar surface area (TPSA) is 82.1 Å². The molecule has 1 aliphatic heterocycles. The van der Waals surface area contributed by atoms with Crippen molar-refractivity contribution >= 4 is 34.1 Å². The number of benzene rings is 1. The Kier molecular flexibility index (Phi) is 6.81. The molecule has 136 valence electrons. The lowest BCUT2D eigenvalue weighted by atomic mass is 9.97. The van der Waals surface area contributed by atoms with Gasteiger partial charge in [0.05, 0.1) is 20.1 Å². The molecule has 25 heavy (non-hydrogen) atoms. The van der Waals surface area contributed by atoms with Crippen molar-refractivity contribution in [3.05, 3.63) is 22.2 Å². The zero-order valence-electron chi connectivity index (χ0n) is 14.1. The standard InChI is InChI=1S/C17H20BrNO6/c1-23-14-8-13(18)12(9-20)7-15(14)25-10-16(21)19-5-3-11(4-6-19)17(22)24-2/h7-9,11H,3-6,10H2,1-2H3. The number of piperidine rings is 1. The first-order valence-electron chi connectivity index (χ1n) is 7.81. The highest BCUT2D eigenvalue weighted by Gasteiger charge is 2.28. The Balaban J connectivity index is 1.94. The summed E-state index contributed by atoms with van der Waals surface area (Å²) in [6.45, 7) is 0.803. The molecular weight excluding hydrogens is 394 g/mol. The van der Waals surface area contributed by atoms with E-state index < -0.39 is 0 Å². The van der Waals surface area contributed by atoms with Gasteiger partial charge in [0.25, 0.3) is 5.91 Å². The van der Waals surface area contributed by atoms with Crippen LogP contribution in [0, 0.1) is 5.92 Å². The number of hydrogen-bond acceptors (Lipinski definition) is 6. The lowest BCUT2D eigenvalue weighted by Gasteiger charge is -2.30. The fourth-order valence-corrected chi connectivity index (χ4v) is 3.09. The molecule has 0 aromatic heterocycles. The number of amides is 1. The van der Waals surface area contributed by atoms with Gasteiger partial charge in [-0.25, -0.2) is 0 Å². The largest absolute Gasteiger partial charge is 0.493 e. The number of rotatable bonds is 6. The minimum atomic E-state index is -0.232. The fourth-order valence-electron chi connectivity index (χ4n) is 2.68. The summed E-state index contributed by atoms with van der Waals surface area (Å²) in [5.74, 6) is 0.183.